The standard InChI is InChI=1S/C28H25FN8O3/c1-28(2,39)24(29)16-32-26(38)20-15-31-22(23-9-8-19-10-18(13-30)14-33-37(19)23)12-21(20)34-27-36-35-25(40-27)11-17-6-4-3-5-7-17/h3-10,12,14-15,24,39H,11,16H2,1-2H3,(H,32,38)(H,31,34,36). The highest BCUT2D eigenvalue weighted by atomic mass is 19.1. The van der Waals surface area contributed by atoms with E-state index in [1.807, 2.05) is 30.3 Å². The Bertz CT molecular complexity index is 1700. The molecule has 1 atom stereocenters. The number of carbonyl (C=O) groups is 1. The molecule has 12 heteroatoms. The smallest absolute Gasteiger partial charge is 0.320 e. The minimum atomic E-state index is -1.69. The van der Waals surface area contributed by atoms with Crippen molar-refractivity contribution in [3.63, 3.8) is 0 Å². The number of benzene rings is 1. The van der Waals surface area contributed by atoms with Crippen molar-refractivity contribution in [1.82, 2.24) is 30.1 Å². The number of alkyl halides is 1. The van der Waals surface area contributed by atoms with Gasteiger partial charge in [-0.1, -0.05) is 35.4 Å². The molecule has 4 heterocycles. The Balaban J connectivity index is 1.46. The van der Waals surface area contributed by atoms with E-state index in [-0.39, 0.29) is 17.3 Å². The highest BCUT2D eigenvalue weighted by Crippen LogP contribution is 2.28. The lowest BCUT2D eigenvalue weighted by Crippen LogP contribution is -2.42. The predicted octanol–water partition coefficient (Wildman–Crippen LogP) is 3.82. The quantitative estimate of drug-likeness (QED) is 0.253. The molecule has 4 aromatic heterocycles. The van der Waals surface area contributed by atoms with E-state index in [4.69, 9.17) is 4.42 Å². The first-order valence-corrected chi connectivity index (χ1v) is 12.4. The zero-order valence-electron chi connectivity index (χ0n) is 21.7. The second-order valence-corrected chi connectivity index (χ2v) is 9.65. The highest BCUT2D eigenvalue weighted by Gasteiger charge is 2.27. The van der Waals surface area contributed by atoms with Gasteiger partial charge in [-0.15, -0.1) is 5.10 Å². The van der Waals surface area contributed by atoms with Gasteiger partial charge in [0.05, 0.1) is 58.5 Å². The second kappa shape index (κ2) is 10.9. The summed E-state index contributed by atoms with van der Waals surface area (Å²) in [6.07, 6.45) is 1.52. The zero-order valence-corrected chi connectivity index (χ0v) is 21.7. The minimum absolute atomic E-state index is 0.0498. The molecular weight excluding hydrogens is 515 g/mol. The predicted molar refractivity (Wildman–Crippen MR) is 143 cm³/mol. The molecule has 1 unspecified atom stereocenters. The van der Waals surface area contributed by atoms with Gasteiger partial charge in [0.2, 0.25) is 5.89 Å². The van der Waals surface area contributed by atoms with Gasteiger partial charge in [0, 0.05) is 6.20 Å². The van der Waals surface area contributed by atoms with E-state index in [2.05, 4.69) is 37.0 Å². The van der Waals surface area contributed by atoms with E-state index in [1.165, 1.54) is 26.2 Å². The van der Waals surface area contributed by atoms with Crippen LogP contribution in [-0.4, -0.2) is 54.1 Å². The zero-order chi connectivity index (χ0) is 28.3. The van der Waals surface area contributed by atoms with E-state index in [0.717, 1.165) is 5.56 Å². The summed E-state index contributed by atoms with van der Waals surface area (Å²) in [5.41, 5.74) is 1.91. The Labute approximate surface area is 228 Å². The number of aromatic nitrogens is 5. The van der Waals surface area contributed by atoms with E-state index >= 15 is 0 Å². The van der Waals surface area contributed by atoms with Crippen LogP contribution in [0, 0.1) is 11.3 Å². The van der Waals surface area contributed by atoms with Gasteiger partial charge in [-0.3, -0.25) is 9.78 Å². The molecule has 1 amide bonds. The molecule has 0 spiro atoms. The van der Waals surface area contributed by atoms with E-state index < -0.39 is 24.2 Å². The van der Waals surface area contributed by atoms with Crippen molar-refractivity contribution in [3.05, 3.63) is 89.6 Å². The van der Waals surface area contributed by atoms with Gasteiger partial charge in [0.1, 0.15) is 12.2 Å². The molecule has 5 rings (SSSR count). The summed E-state index contributed by atoms with van der Waals surface area (Å²) < 4.78 is 21.7. The third-order valence-corrected chi connectivity index (χ3v) is 6.16. The Hall–Kier alpha value is -5.15. The molecule has 0 radical (unpaired) electrons. The number of nitrogens with one attached hydrogen (secondary N) is 2. The van der Waals surface area contributed by atoms with E-state index in [9.17, 15) is 19.6 Å². The van der Waals surface area contributed by atoms with Crippen molar-refractivity contribution in [2.75, 3.05) is 11.9 Å². The molecule has 11 nitrogen and oxygen atoms in total. The number of fused-ring (bicyclic) bond motifs is 1. The van der Waals surface area contributed by atoms with Gasteiger partial charge >= 0.3 is 6.01 Å². The first-order chi connectivity index (χ1) is 19.2. The number of amides is 1. The molecule has 5 aromatic rings. The third-order valence-electron chi connectivity index (χ3n) is 6.16. The van der Waals surface area contributed by atoms with Crippen LogP contribution in [0.25, 0.3) is 16.9 Å². The van der Waals surface area contributed by atoms with Crippen LogP contribution < -0.4 is 10.6 Å². The average Bonchev–Trinajstić information content (AvgIpc) is 3.57. The summed E-state index contributed by atoms with van der Waals surface area (Å²) in [7, 11) is 0. The van der Waals surface area contributed by atoms with Gasteiger partial charge in [-0.2, -0.15) is 10.4 Å². The monoisotopic (exact) mass is 540 g/mol. The average molecular weight is 541 g/mol. The molecule has 0 fully saturated rings. The number of rotatable bonds is 9. The van der Waals surface area contributed by atoms with E-state index in [1.54, 1.807) is 28.8 Å². The van der Waals surface area contributed by atoms with Crippen LogP contribution in [0.15, 0.2) is 71.4 Å². The van der Waals surface area contributed by atoms with Crippen LogP contribution in [0.5, 0.6) is 0 Å². The summed E-state index contributed by atoms with van der Waals surface area (Å²) in [4.78, 5) is 17.5. The van der Waals surface area contributed by atoms with Crippen molar-refractivity contribution >= 4 is 23.1 Å². The number of aliphatic hydroxyl groups is 1. The number of hydrogen-bond acceptors (Lipinski definition) is 9. The van der Waals surface area contributed by atoms with E-state index in [0.29, 0.717) is 34.8 Å². The molecule has 0 aliphatic rings. The van der Waals surface area contributed by atoms with Gasteiger partial charge in [-0.05, 0) is 43.7 Å². The Morgan fingerprint density at radius 3 is 2.73 bits per heavy atom. The molecule has 0 saturated carbocycles. The van der Waals surface area contributed by atoms with Crippen LogP contribution in [-0.2, 0) is 6.42 Å². The maximum atomic E-state index is 14.3. The minimum Gasteiger partial charge on any atom is -0.408 e. The fourth-order valence-corrected chi connectivity index (χ4v) is 3.92. The third kappa shape index (κ3) is 5.79. The lowest BCUT2D eigenvalue weighted by atomic mass is 10.0. The second-order valence-electron chi connectivity index (χ2n) is 9.65. The lowest BCUT2D eigenvalue weighted by Gasteiger charge is -2.22. The van der Waals surface area contributed by atoms with Crippen molar-refractivity contribution in [2.24, 2.45) is 0 Å². The summed E-state index contributed by atoms with van der Waals surface area (Å²) in [5, 5.41) is 37.0. The Morgan fingerprint density at radius 1 is 1.18 bits per heavy atom. The molecule has 40 heavy (non-hydrogen) atoms. The van der Waals surface area contributed by atoms with Crippen molar-refractivity contribution < 1.29 is 18.7 Å². The first kappa shape index (κ1) is 26.5. The molecule has 0 aliphatic heterocycles. The van der Waals surface area contributed by atoms with Crippen LogP contribution in [0.2, 0.25) is 0 Å². The SMILES string of the molecule is CC(C)(O)C(F)CNC(=O)c1cnc(-c2ccc3cc(C#N)cnn23)cc1Nc1nnc(Cc2ccccc2)o1. The number of nitriles is 1. The number of pyridine rings is 1. The van der Waals surface area contributed by atoms with Crippen LogP contribution >= 0.6 is 0 Å². The van der Waals surface area contributed by atoms with Gasteiger partial charge in [0.25, 0.3) is 5.91 Å². The van der Waals surface area contributed by atoms with Crippen LogP contribution in [0.4, 0.5) is 16.1 Å². The van der Waals surface area contributed by atoms with Gasteiger partial charge < -0.3 is 20.2 Å². The van der Waals surface area contributed by atoms with Crippen molar-refractivity contribution in [1.29, 1.82) is 5.26 Å². The molecular formula is C28H25FN8O3. The molecule has 202 valence electrons. The van der Waals surface area contributed by atoms with Gasteiger partial charge in [0.15, 0.2) is 0 Å². The number of hydrogen-bond donors (Lipinski definition) is 3. The number of halogens is 1. The number of anilines is 2. The Kier molecular flexibility index (Phi) is 7.22. The highest BCUT2D eigenvalue weighted by molar-refractivity contribution is 6.00. The number of nitrogens with zero attached hydrogens (tertiary/aromatic N) is 6. The van der Waals surface area contributed by atoms with Crippen LogP contribution in [0.1, 0.15) is 41.2 Å². The fourth-order valence-electron chi connectivity index (χ4n) is 3.92. The number of carbonyl (C=O) groups excluding carboxylic acids is 1. The lowest BCUT2D eigenvalue weighted by molar-refractivity contribution is -0.00177. The summed E-state index contributed by atoms with van der Waals surface area (Å²) in [6, 6.07) is 18.6. The van der Waals surface area contributed by atoms with Crippen LogP contribution in [0.3, 0.4) is 0 Å². The maximum Gasteiger partial charge on any atom is 0.320 e. The largest absolute Gasteiger partial charge is 0.408 e. The molecule has 0 aliphatic carbocycles. The first-order valence-electron chi connectivity index (χ1n) is 12.4. The normalized spacial score (nSPS) is 12.2. The topological polar surface area (TPSA) is 154 Å². The summed E-state index contributed by atoms with van der Waals surface area (Å²) in [5.74, 6) is -0.246. The van der Waals surface area contributed by atoms with Crippen molar-refractivity contribution in [2.45, 2.75) is 32.0 Å². The summed E-state index contributed by atoms with van der Waals surface area (Å²) in [6.45, 7) is 2.25. The molecule has 0 saturated heterocycles. The molecule has 0 bridgehead atoms. The van der Waals surface area contributed by atoms with Crippen molar-refractivity contribution in [3.8, 4) is 17.5 Å². The fraction of sp³-hybridized carbons (Fsp3) is 0.214. The molecule has 1 aromatic carbocycles. The maximum absolute atomic E-state index is 14.3. The Morgan fingerprint density at radius 2 is 1.98 bits per heavy atom. The van der Waals surface area contributed by atoms with Gasteiger partial charge in [-0.25, -0.2) is 8.91 Å². The molecule has 3 N–H and O–H groups in total. The summed E-state index contributed by atoms with van der Waals surface area (Å²) >= 11 is 0.